The fraction of sp³-hybridized carbons (Fsp3) is 0.375. The molecule has 2 aliphatic heterocycles. The second-order valence-corrected chi connectivity index (χ2v) is 8.38. The van der Waals surface area contributed by atoms with E-state index in [1.54, 1.807) is 12.1 Å². The molecule has 1 atom stereocenters. The van der Waals surface area contributed by atoms with Gasteiger partial charge < -0.3 is 9.64 Å². The molecule has 0 aliphatic carbocycles. The number of rotatable bonds is 7. The molecule has 2 fully saturated rings. The van der Waals surface area contributed by atoms with Gasteiger partial charge in [0.1, 0.15) is 6.04 Å². The summed E-state index contributed by atoms with van der Waals surface area (Å²) in [5.74, 6) is -1.27. The van der Waals surface area contributed by atoms with Crippen molar-refractivity contribution in [2.75, 3.05) is 44.3 Å². The van der Waals surface area contributed by atoms with E-state index in [1.165, 1.54) is 29.2 Å². The van der Waals surface area contributed by atoms with Crippen LogP contribution in [0.3, 0.4) is 0 Å². The second kappa shape index (κ2) is 10.1. The smallest absolute Gasteiger partial charge is 0.269 e. The largest absolute Gasteiger partial charge is 0.379 e. The summed E-state index contributed by atoms with van der Waals surface area (Å²) in [6.45, 7) is 5.29. The van der Waals surface area contributed by atoms with Crippen molar-refractivity contribution in [2.45, 2.75) is 19.4 Å². The monoisotopic (exact) mass is 466 g/mol. The first-order chi connectivity index (χ1) is 16.3. The minimum Gasteiger partial charge on any atom is -0.379 e. The molecule has 2 aliphatic rings. The predicted octanol–water partition coefficient (Wildman–Crippen LogP) is 2.01. The van der Waals surface area contributed by atoms with Crippen molar-refractivity contribution in [3.63, 3.8) is 0 Å². The summed E-state index contributed by atoms with van der Waals surface area (Å²) in [4.78, 5) is 54.8. The van der Waals surface area contributed by atoms with Gasteiger partial charge in [-0.1, -0.05) is 17.7 Å². The Kier molecular flexibility index (Phi) is 6.99. The van der Waals surface area contributed by atoms with Crippen LogP contribution in [0.1, 0.15) is 22.3 Å². The highest BCUT2D eigenvalue weighted by molar-refractivity contribution is 6.23. The number of anilines is 1. The average Bonchev–Trinajstić information content (AvgIpc) is 3.14. The van der Waals surface area contributed by atoms with Crippen LogP contribution in [0.2, 0.25) is 0 Å². The fourth-order valence-electron chi connectivity index (χ4n) is 4.19. The maximum absolute atomic E-state index is 13.5. The van der Waals surface area contributed by atoms with Gasteiger partial charge in [0.05, 0.1) is 30.2 Å². The number of morpholine rings is 1. The molecule has 0 radical (unpaired) electrons. The van der Waals surface area contributed by atoms with Gasteiger partial charge in [0, 0.05) is 43.9 Å². The summed E-state index contributed by atoms with van der Waals surface area (Å²) in [6.07, 6.45) is -0.117. The number of benzene rings is 2. The lowest BCUT2D eigenvalue weighted by Gasteiger charge is -2.32. The van der Waals surface area contributed by atoms with Crippen LogP contribution in [0, 0.1) is 17.0 Å². The molecule has 2 heterocycles. The summed E-state index contributed by atoms with van der Waals surface area (Å²) >= 11 is 0. The van der Waals surface area contributed by atoms with E-state index in [1.807, 2.05) is 19.1 Å². The number of imide groups is 1. The third kappa shape index (κ3) is 4.97. The first-order valence-electron chi connectivity index (χ1n) is 11.1. The van der Waals surface area contributed by atoms with Crippen LogP contribution in [-0.4, -0.2) is 77.9 Å². The maximum atomic E-state index is 13.5. The molecule has 0 aromatic heterocycles. The summed E-state index contributed by atoms with van der Waals surface area (Å²) in [6, 6.07) is 11.4. The van der Waals surface area contributed by atoms with Gasteiger partial charge in [-0.3, -0.25) is 29.4 Å². The van der Waals surface area contributed by atoms with Gasteiger partial charge in [0.2, 0.25) is 5.91 Å². The van der Waals surface area contributed by atoms with Crippen molar-refractivity contribution in [2.24, 2.45) is 0 Å². The third-order valence-electron chi connectivity index (χ3n) is 6.14. The minimum atomic E-state index is -0.947. The number of ether oxygens (including phenoxy) is 1. The zero-order valence-corrected chi connectivity index (χ0v) is 18.9. The van der Waals surface area contributed by atoms with Crippen LogP contribution in [0.5, 0.6) is 0 Å². The standard InChI is InChI=1S/C24H26N4O6/c1-17-2-6-19(7-3-17)27-22(29)16-21(24(27)31)26(11-10-25-12-14-34-15-13-25)23(30)18-4-8-20(9-5-18)28(32)33/h2-9,21H,10-16H2,1H3. The molecule has 0 N–H and O–H groups in total. The number of hydrogen-bond donors (Lipinski definition) is 0. The van der Waals surface area contributed by atoms with E-state index in [0.717, 1.165) is 10.5 Å². The van der Waals surface area contributed by atoms with E-state index < -0.39 is 22.8 Å². The topological polar surface area (TPSA) is 113 Å². The van der Waals surface area contributed by atoms with Gasteiger partial charge in [-0.15, -0.1) is 0 Å². The quantitative estimate of drug-likeness (QED) is 0.348. The lowest BCUT2D eigenvalue weighted by Crippen LogP contribution is -2.49. The van der Waals surface area contributed by atoms with Gasteiger partial charge in [-0.2, -0.15) is 0 Å². The van der Waals surface area contributed by atoms with E-state index in [2.05, 4.69) is 4.90 Å². The molecule has 2 saturated heterocycles. The second-order valence-electron chi connectivity index (χ2n) is 8.38. The molecule has 0 spiro atoms. The minimum absolute atomic E-state index is 0.117. The van der Waals surface area contributed by atoms with Crippen LogP contribution in [-0.2, 0) is 14.3 Å². The summed E-state index contributed by atoms with van der Waals surface area (Å²) in [5, 5.41) is 11.0. The van der Waals surface area contributed by atoms with Gasteiger partial charge in [0.15, 0.2) is 0 Å². The Morgan fingerprint density at radius 2 is 1.74 bits per heavy atom. The summed E-state index contributed by atoms with van der Waals surface area (Å²) < 4.78 is 5.37. The number of non-ortho nitro benzene ring substituents is 1. The van der Waals surface area contributed by atoms with Crippen LogP contribution in [0.25, 0.3) is 0 Å². The predicted molar refractivity (Wildman–Crippen MR) is 123 cm³/mol. The number of nitro groups is 1. The maximum Gasteiger partial charge on any atom is 0.269 e. The molecule has 2 aromatic rings. The van der Waals surface area contributed by atoms with Crippen molar-refractivity contribution < 1.29 is 24.0 Å². The molecule has 178 valence electrons. The Labute approximate surface area is 196 Å². The Morgan fingerprint density at radius 1 is 1.09 bits per heavy atom. The molecule has 10 heteroatoms. The first kappa shape index (κ1) is 23.5. The molecule has 0 bridgehead atoms. The Balaban J connectivity index is 1.59. The van der Waals surface area contributed by atoms with Crippen molar-refractivity contribution >= 4 is 29.1 Å². The van der Waals surface area contributed by atoms with Crippen molar-refractivity contribution in [3.8, 4) is 0 Å². The molecule has 2 aromatic carbocycles. The van der Waals surface area contributed by atoms with E-state index in [9.17, 15) is 24.5 Å². The normalized spacial score (nSPS) is 18.9. The van der Waals surface area contributed by atoms with Crippen LogP contribution >= 0.6 is 0 Å². The van der Waals surface area contributed by atoms with Crippen molar-refractivity contribution in [1.29, 1.82) is 0 Å². The molecule has 1 unspecified atom stereocenters. The Bertz CT molecular complexity index is 1080. The van der Waals surface area contributed by atoms with E-state index in [0.29, 0.717) is 38.5 Å². The number of nitro benzene ring substituents is 1. The first-order valence-corrected chi connectivity index (χ1v) is 11.1. The fourth-order valence-corrected chi connectivity index (χ4v) is 4.19. The van der Waals surface area contributed by atoms with Crippen molar-refractivity contribution in [1.82, 2.24) is 9.80 Å². The SMILES string of the molecule is Cc1ccc(N2C(=O)CC(N(CCN3CCOCC3)C(=O)c3ccc([N+](=O)[O-])cc3)C2=O)cc1. The average molecular weight is 466 g/mol. The third-order valence-corrected chi connectivity index (χ3v) is 6.14. The number of carbonyl (C=O) groups excluding carboxylic acids is 3. The molecule has 34 heavy (non-hydrogen) atoms. The van der Waals surface area contributed by atoms with E-state index in [-0.39, 0.29) is 30.1 Å². The lowest BCUT2D eigenvalue weighted by atomic mass is 10.1. The summed E-state index contributed by atoms with van der Waals surface area (Å²) in [5.41, 5.74) is 1.56. The molecule has 3 amide bonds. The van der Waals surface area contributed by atoms with Gasteiger partial charge >= 0.3 is 0 Å². The highest BCUT2D eigenvalue weighted by Crippen LogP contribution is 2.27. The van der Waals surface area contributed by atoms with Crippen LogP contribution in [0.4, 0.5) is 11.4 Å². The van der Waals surface area contributed by atoms with Crippen LogP contribution in [0.15, 0.2) is 48.5 Å². The molecule has 10 nitrogen and oxygen atoms in total. The number of hydrogen-bond acceptors (Lipinski definition) is 7. The van der Waals surface area contributed by atoms with Crippen molar-refractivity contribution in [3.05, 3.63) is 69.8 Å². The zero-order chi connectivity index (χ0) is 24.2. The number of nitrogens with zero attached hydrogens (tertiary/aromatic N) is 4. The molecule has 0 saturated carbocycles. The lowest BCUT2D eigenvalue weighted by molar-refractivity contribution is -0.384. The molecule has 4 rings (SSSR count). The van der Waals surface area contributed by atoms with Gasteiger partial charge in [-0.25, -0.2) is 4.90 Å². The highest BCUT2D eigenvalue weighted by Gasteiger charge is 2.44. The van der Waals surface area contributed by atoms with Crippen LogP contribution < -0.4 is 4.90 Å². The van der Waals surface area contributed by atoms with E-state index in [4.69, 9.17) is 4.74 Å². The van der Waals surface area contributed by atoms with Gasteiger partial charge in [-0.05, 0) is 31.2 Å². The Morgan fingerprint density at radius 3 is 2.35 bits per heavy atom. The zero-order valence-electron chi connectivity index (χ0n) is 18.9. The number of aryl methyl sites for hydroxylation is 1. The summed E-state index contributed by atoms with van der Waals surface area (Å²) in [7, 11) is 0. The highest BCUT2D eigenvalue weighted by atomic mass is 16.6. The Hall–Kier alpha value is -3.63. The van der Waals surface area contributed by atoms with E-state index >= 15 is 0 Å². The number of amides is 3. The molecular weight excluding hydrogens is 440 g/mol. The molecular formula is C24H26N4O6. The van der Waals surface area contributed by atoms with Gasteiger partial charge in [0.25, 0.3) is 17.5 Å². The number of carbonyl (C=O) groups is 3.